The van der Waals surface area contributed by atoms with E-state index in [0.717, 1.165) is 40.8 Å². The fourth-order valence-electron chi connectivity index (χ4n) is 4.67. The number of rotatable bonds is 1. The first-order chi connectivity index (χ1) is 13.9. The molecule has 5 rings (SSSR count). The van der Waals surface area contributed by atoms with Gasteiger partial charge in [-0.15, -0.1) is 0 Å². The molecule has 3 aliphatic heterocycles. The van der Waals surface area contributed by atoms with Crippen LogP contribution < -0.4 is 4.74 Å². The molecular weight excluding hydrogens is 430 g/mol. The normalized spacial score (nSPS) is 22.0. The fourth-order valence-corrected chi connectivity index (χ4v) is 5.05. The Bertz CT molecular complexity index is 994. The summed E-state index contributed by atoms with van der Waals surface area (Å²) in [5.41, 5.74) is 4.18. The first-order valence-electron chi connectivity index (χ1n) is 10.1. The molecule has 0 aliphatic carbocycles. The number of fused-ring (bicyclic) bond motifs is 4. The monoisotopic (exact) mass is 453 g/mol. The Morgan fingerprint density at radius 3 is 2.59 bits per heavy atom. The van der Waals surface area contributed by atoms with Gasteiger partial charge in [-0.3, -0.25) is 4.79 Å². The second kappa shape index (κ2) is 6.87. The molecule has 0 unspecified atom stereocenters. The van der Waals surface area contributed by atoms with Gasteiger partial charge in [-0.2, -0.15) is 5.10 Å². The molecule has 2 aromatic rings. The van der Waals surface area contributed by atoms with E-state index in [1.807, 2.05) is 11.0 Å². The van der Waals surface area contributed by atoms with Crippen LogP contribution in [0.1, 0.15) is 48.9 Å². The molecule has 0 N–H and O–H groups in total. The molecule has 2 aromatic carbocycles. The van der Waals surface area contributed by atoms with Crippen molar-refractivity contribution in [3.05, 3.63) is 63.6 Å². The number of likely N-dealkylation sites (tertiary alicyclic amines) is 1. The summed E-state index contributed by atoms with van der Waals surface area (Å²) < 4.78 is 7.67. The number of carbonyl (C=O) groups excluding carboxylic acids is 1. The Hall–Kier alpha value is -2.34. The molecule has 5 nitrogen and oxygen atoms in total. The zero-order chi connectivity index (χ0) is 20.2. The fraction of sp³-hybridized carbons (Fsp3) is 0.391. The van der Waals surface area contributed by atoms with Gasteiger partial charge in [0.2, 0.25) is 11.6 Å². The highest BCUT2D eigenvalue weighted by molar-refractivity contribution is 9.10. The van der Waals surface area contributed by atoms with E-state index >= 15 is 0 Å². The summed E-state index contributed by atoms with van der Waals surface area (Å²) in [6, 6.07) is 15.0. The van der Waals surface area contributed by atoms with E-state index in [1.54, 1.807) is 6.92 Å². The Morgan fingerprint density at radius 1 is 1.17 bits per heavy atom. The number of hydrazone groups is 1. The third-order valence-electron chi connectivity index (χ3n) is 6.33. The molecule has 1 fully saturated rings. The molecule has 3 aliphatic rings. The summed E-state index contributed by atoms with van der Waals surface area (Å²) in [5.74, 6) is 1.06. The van der Waals surface area contributed by atoms with Crippen molar-refractivity contribution in [2.75, 3.05) is 13.1 Å². The molecule has 150 valence electrons. The number of piperidine rings is 1. The largest absolute Gasteiger partial charge is 0.466 e. The quantitative estimate of drug-likeness (QED) is 0.631. The smallest absolute Gasteiger partial charge is 0.219 e. The van der Waals surface area contributed by atoms with Crippen LogP contribution >= 0.6 is 15.9 Å². The molecule has 1 atom stereocenters. The van der Waals surface area contributed by atoms with Crippen molar-refractivity contribution in [2.45, 2.75) is 44.9 Å². The maximum atomic E-state index is 11.8. The number of amides is 1. The molecule has 0 bridgehead atoms. The molecule has 0 radical (unpaired) electrons. The molecule has 0 saturated carbocycles. The first kappa shape index (κ1) is 18.7. The maximum absolute atomic E-state index is 11.8. The van der Waals surface area contributed by atoms with Gasteiger partial charge in [0, 0.05) is 49.3 Å². The predicted molar refractivity (Wildman–Crippen MR) is 116 cm³/mol. The number of ether oxygens (including phenoxy) is 1. The average molecular weight is 454 g/mol. The van der Waals surface area contributed by atoms with Crippen LogP contribution in [0.3, 0.4) is 0 Å². The molecule has 1 spiro atoms. The van der Waals surface area contributed by atoms with E-state index in [1.165, 1.54) is 11.1 Å². The van der Waals surface area contributed by atoms with Gasteiger partial charge < -0.3 is 9.64 Å². The number of halogens is 1. The summed E-state index contributed by atoms with van der Waals surface area (Å²) in [5, 5.41) is 7.28. The van der Waals surface area contributed by atoms with Gasteiger partial charge in [-0.25, -0.2) is 5.01 Å². The highest BCUT2D eigenvalue weighted by atomic mass is 79.9. The van der Waals surface area contributed by atoms with Gasteiger partial charge in [0.25, 0.3) is 0 Å². The highest BCUT2D eigenvalue weighted by Gasteiger charge is 2.52. The lowest BCUT2D eigenvalue weighted by Crippen LogP contribution is -2.59. The van der Waals surface area contributed by atoms with E-state index in [0.29, 0.717) is 13.1 Å². The lowest BCUT2D eigenvalue weighted by molar-refractivity contribution is -0.158. The van der Waals surface area contributed by atoms with Crippen LogP contribution in [0.4, 0.5) is 0 Å². The standard InChI is InChI=1S/C23H24BrN3O2/c1-15-3-5-17(6-4-15)20-14-21-19-13-18(24)7-8-22(19)29-23(27(21)25-20)9-11-26(12-10-23)16(2)28/h3-8,13,21H,9-12,14H2,1-2H3/t21-/m1/s1. The van der Waals surface area contributed by atoms with Crippen molar-refractivity contribution >= 4 is 27.5 Å². The van der Waals surface area contributed by atoms with Crippen LogP contribution in [-0.2, 0) is 4.79 Å². The van der Waals surface area contributed by atoms with Crippen LogP contribution in [0.15, 0.2) is 52.0 Å². The van der Waals surface area contributed by atoms with Gasteiger partial charge in [0.05, 0.1) is 11.8 Å². The lowest BCUT2D eigenvalue weighted by atomic mass is 9.90. The molecule has 3 heterocycles. The molecule has 29 heavy (non-hydrogen) atoms. The molecule has 0 aromatic heterocycles. The van der Waals surface area contributed by atoms with Crippen LogP contribution in [0.5, 0.6) is 5.75 Å². The minimum absolute atomic E-state index is 0.127. The van der Waals surface area contributed by atoms with Crippen LogP contribution in [0.25, 0.3) is 0 Å². The lowest BCUT2D eigenvalue weighted by Gasteiger charge is -2.51. The SMILES string of the molecule is CC(=O)N1CCC2(CC1)Oc1ccc(Br)cc1[C@H]1CC(c3ccc(C)cc3)=NN12. The summed E-state index contributed by atoms with van der Waals surface area (Å²) in [4.78, 5) is 13.7. The number of aryl methyl sites for hydroxylation is 1. The number of hydrogen-bond acceptors (Lipinski definition) is 4. The van der Waals surface area contributed by atoms with E-state index in [9.17, 15) is 4.79 Å². The summed E-state index contributed by atoms with van der Waals surface area (Å²) in [6.45, 7) is 5.13. The second-order valence-electron chi connectivity index (χ2n) is 8.21. The van der Waals surface area contributed by atoms with Gasteiger partial charge in [-0.05, 0) is 30.7 Å². The van der Waals surface area contributed by atoms with Gasteiger partial charge in [0.1, 0.15) is 5.75 Å². The zero-order valence-electron chi connectivity index (χ0n) is 16.7. The molecule has 1 saturated heterocycles. The van der Waals surface area contributed by atoms with E-state index in [4.69, 9.17) is 9.84 Å². The van der Waals surface area contributed by atoms with Crippen molar-refractivity contribution in [3.63, 3.8) is 0 Å². The number of benzene rings is 2. The number of hydrogen-bond donors (Lipinski definition) is 0. The minimum Gasteiger partial charge on any atom is -0.466 e. The predicted octanol–water partition coefficient (Wildman–Crippen LogP) is 4.64. The van der Waals surface area contributed by atoms with Gasteiger partial charge in [0.15, 0.2) is 0 Å². The van der Waals surface area contributed by atoms with Crippen LogP contribution in [0.2, 0.25) is 0 Å². The van der Waals surface area contributed by atoms with Crippen molar-refractivity contribution < 1.29 is 9.53 Å². The van der Waals surface area contributed by atoms with Gasteiger partial charge in [-0.1, -0.05) is 45.8 Å². The Labute approximate surface area is 179 Å². The van der Waals surface area contributed by atoms with Crippen molar-refractivity contribution in [1.29, 1.82) is 0 Å². The Kier molecular flexibility index (Phi) is 4.42. The molecule has 6 heteroatoms. The topological polar surface area (TPSA) is 45.1 Å². The third kappa shape index (κ3) is 3.14. The zero-order valence-corrected chi connectivity index (χ0v) is 18.3. The Balaban J connectivity index is 1.55. The van der Waals surface area contributed by atoms with Crippen molar-refractivity contribution in [1.82, 2.24) is 9.91 Å². The highest BCUT2D eigenvalue weighted by Crippen LogP contribution is 2.50. The Morgan fingerprint density at radius 2 is 1.90 bits per heavy atom. The first-order valence-corrected chi connectivity index (χ1v) is 10.9. The minimum atomic E-state index is -0.496. The van der Waals surface area contributed by atoms with Gasteiger partial charge >= 0.3 is 0 Å². The summed E-state index contributed by atoms with van der Waals surface area (Å²) in [7, 11) is 0. The third-order valence-corrected chi connectivity index (χ3v) is 6.83. The molecular formula is C23H24BrN3O2. The van der Waals surface area contributed by atoms with Crippen molar-refractivity contribution in [2.24, 2.45) is 5.10 Å². The van der Waals surface area contributed by atoms with E-state index < -0.39 is 5.72 Å². The number of carbonyl (C=O) groups is 1. The summed E-state index contributed by atoms with van der Waals surface area (Å²) in [6.07, 6.45) is 2.36. The number of nitrogens with zero attached hydrogens (tertiary/aromatic N) is 3. The van der Waals surface area contributed by atoms with E-state index in [2.05, 4.69) is 64.3 Å². The second-order valence-corrected chi connectivity index (χ2v) is 9.13. The van der Waals surface area contributed by atoms with Crippen LogP contribution in [-0.4, -0.2) is 40.3 Å². The molecule has 1 amide bonds. The average Bonchev–Trinajstić information content (AvgIpc) is 3.16. The summed E-state index contributed by atoms with van der Waals surface area (Å²) >= 11 is 3.61. The van der Waals surface area contributed by atoms with E-state index in [-0.39, 0.29) is 11.9 Å². The van der Waals surface area contributed by atoms with Crippen molar-refractivity contribution in [3.8, 4) is 5.75 Å². The maximum Gasteiger partial charge on any atom is 0.219 e. The van der Waals surface area contributed by atoms with Crippen LogP contribution in [0, 0.1) is 6.92 Å².